The Morgan fingerprint density at radius 1 is 1.12 bits per heavy atom. The van der Waals surface area contributed by atoms with Crippen LogP contribution in [-0.4, -0.2) is 22.5 Å². The maximum atomic E-state index is 9.16. The van der Waals surface area contributed by atoms with Crippen molar-refractivity contribution in [3.8, 4) is 6.07 Å². The van der Waals surface area contributed by atoms with Crippen LogP contribution < -0.4 is 0 Å². The number of nitrogens with zero attached hydrogens (tertiary/aromatic N) is 1. The van der Waals surface area contributed by atoms with Crippen LogP contribution in [0, 0.1) is 11.3 Å². The summed E-state index contributed by atoms with van der Waals surface area (Å²) < 4.78 is 6.06. The highest BCUT2D eigenvalue weighted by molar-refractivity contribution is 6.81. The van der Waals surface area contributed by atoms with Gasteiger partial charge in [-0.05, 0) is 18.1 Å². The molecule has 17 heavy (non-hydrogen) atoms. The fraction of sp³-hybridized carbons (Fsp3) is 0.769. The van der Waals surface area contributed by atoms with E-state index in [0.29, 0.717) is 0 Å². The molecule has 1 unspecified atom stereocenters. The molecule has 4 heteroatoms. The molecule has 0 aromatic rings. The van der Waals surface area contributed by atoms with Crippen molar-refractivity contribution in [1.82, 2.24) is 0 Å². The first-order chi connectivity index (χ1) is 7.39. The Morgan fingerprint density at radius 2 is 1.59 bits per heavy atom. The third-order valence-corrected chi connectivity index (χ3v) is 8.77. The number of hydrogen-bond donors (Lipinski definition) is 0. The molecule has 0 spiro atoms. The summed E-state index contributed by atoms with van der Waals surface area (Å²) in [5.74, 6) is 0. The van der Waals surface area contributed by atoms with Gasteiger partial charge in [-0.2, -0.15) is 5.26 Å². The first-order valence-electron chi connectivity index (χ1n) is 6.16. The Balaban J connectivity index is 4.76. The topological polar surface area (TPSA) is 33.0 Å². The lowest BCUT2D eigenvalue weighted by Crippen LogP contribution is -2.43. The van der Waals surface area contributed by atoms with Gasteiger partial charge in [-0.3, -0.25) is 0 Å². The van der Waals surface area contributed by atoms with Crippen LogP contribution in [0.5, 0.6) is 0 Å². The van der Waals surface area contributed by atoms with Gasteiger partial charge in [-0.25, -0.2) is 0 Å². The van der Waals surface area contributed by atoms with E-state index in [-0.39, 0.29) is 11.1 Å². The molecule has 0 aromatic heterocycles. The van der Waals surface area contributed by atoms with Crippen LogP contribution in [-0.2, 0) is 4.43 Å². The second-order valence-electron chi connectivity index (χ2n) is 7.15. The van der Waals surface area contributed by atoms with E-state index in [0.717, 1.165) is 0 Å². The van der Waals surface area contributed by atoms with Gasteiger partial charge in [0.25, 0.3) is 0 Å². The summed E-state index contributed by atoms with van der Waals surface area (Å²) in [4.78, 5) is 0. The van der Waals surface area contributed by atoms with E-state index in [9.17, 15) is 0 Å². The summed E-state index contributed by atoms with van der Waals surface area (Å²) in [5, 5.41) is 9.31. The van der Waals surface area contributed by atoms with Crippen LogP contribution in [0.1, 0.15) is 20.8 Å². The van der Waals surface area contributed by atoms with Crippen LogP contribution in [0.2, 0.25) is 37.8 Å². The molecular formula is C13H27NOSi2. The van der Waals surface area contributed by atoms with E-state index in [2.05, 4.69) is 65.3 Å². The molecule has 0 aromatic carbocycles. The van der Waals surface area contributed by atoms with E-state index in [4.69, 9.17) is 9.69 Å². The van der Waals surface area contributed by atoms with Crippen LogP contribution in [0.25, 0.3) is 0 Å². The van der Waals surface area contributed by atoms with Gasteiger partial charge in [0.15, 0.2) is 14.4 Å². The van der Waals surface area contributed by atoms with Crippen molar-refractivity contribution < 1.29 is 4.43 Å². The molecule has 0 saturated carbocycles. The Bertz CT molecular complexity index is 316. The Kier molecular flexibility index (Phi) is 5.39. The third-order valence-electron chi connectivity index (χ3n) is 3.13. The van der Waals surface area contributed by atoms with Crippen molar-refractivity contribution in [2.75, 3.05) is 0 Å². The zero-order valence-corrected chi connectivity index (χ0v) is 14.6. The van der Waals surface area contributed by atoms with E-state index in [1.807, 2.05) is 6.08 Å². The first kappa shape index (κ1) is 16.6. The van der Waals surface area contributed by atoms with Crippen LogP contribution >= 0.6 is 0 Å². The molecule has 0 aliphatic carbocycles. The number of hydrogen-bond acceptors (Lipinski definition) is 2. The zero-order valence-electron chi connectivity index (χ0n) is 12.6. The summed E-state index contributed by atoms with van der Waals surface area (Å²) in [6.45, 7) is 17.7. The van der Waals surface area contributed by atoms with Crippen LogP contribution in [0.3, 0.4) is 0 Å². The smallest absolute Gasteiger partial charge is 0.194 e. The van der Waals surface area contributed by atoms with Crippen molar-refractivity contribution in [3.63, 3.8) is 0 Å². The van der Waals surface area contributed by atoms with Gasteiger partial charge < -0.3 is 4.43 Å². The fourth-order valence-corrected chi connectivity index (χ4v) is 2.85. The quantitative estimate of drug-likeness (QED) is 0.712. The normalized spacial score (nSPS) is 15.9. The minimum atomic E-state index is -1.84. The highest BCUT2D eigenvalue weighted by Gasteiger charge is 2.38. The SMILES string of the molecule is CC(C)(C)[Si](C)(C)OC(C#N)/C=C/[Si](C)(C)C. The summed E-state index contributed by atoms with van der Waals surface area (Å²) in [5.41, 5.74) is 2.19. The van der Waals surface area contributed by atoms with Crippen LogP contribution in [0.15, 0.2) is 11.8 Å². The minimum Gasteiger partial charge on any atom is -0.398 e. The molecule has 0 radical (unpaired) electrons. The number of nitriles is 1. The van der Waals surface area contributed by atoms with Crippen molar-refractivity contribution in [1.29, 1.82) is 5.26 Å². The largest absolute Gasteiger partial charge is 0.398 e. The average Bonchev–Trinajstić information content (AvgIpc) is 2.08. The van der Waals surface area contributed by atoms with Gasteiger partial charge >= 0.3 is 0 Å². The van der Waals surface area contributed by atoms with Gasteiger partial charge in [0.05, 0.1) is 14.1 Å². The number of rotatable bonds is 4. The molecule has 0 aliphatic rings. The molecule has 0 saturated heterocycles. The third kappa shape index (κ3) is 6.20. The summed E-state index contributed by atoms with van der Waals surface area (Å²) >= 11 is 0. The van der Waals surface area contributed by atoms with Gasteiger partial charge in [0.2, 0.25) is 0 Å². The molecule has 2 nitrogen and oxygen atoms in total. The molecule has 1 atom stereocenters. The molecular weight excluding hydrogens is 242 g/mol. The monoisotopic (exact) mass is 269 g/mol. The minimum absolute atomic E-state index is 0.148. The lowest BCUT2D eigenvalue weighted by atomic mass is 10.2. The van der Waals surface area contributed by atoms with E-state index < -0.39 is 16.4 Å². The van der Waals surface area contributed by atoms with E-state index >= 15 is 0 Å². The Labute approximate surface area is 109 Å². The van der Waals surface area contributed by atoms with Gasteiger partial charge in [-0.1, -0.05) is 52.2 Å². The second kappa shape index (κ2) is 5.51. The fourth-order valence-electron chi connectivity index (χ4n) is 0.979. The molecule has 0 bridgehead atoms. The molecule has 0 N–H and O–H groups in total. The van der Waals surface area contributed by atoms with Gasteiger partial charge in [0.1, 0.15) is 0 Å². The molecule has 0 heterocycles. The van der Waals surface area contributed by atoms with E-state index in [1.165, 1.54) is 0 Å². The Morgan fingerprint density at radius 3 is 1.88 bits per heavy atom. The lowest BCUT2D eigenvalue weighted by Gasteiger charge is -2.37. The second-order valence-corrected chi connectivity index (χ2v) is 17.0. The molecule has 0 rings (SSSR count). The molecule has 98 valence electrons. The van der Waals surface area contributed by atoms with Gasteiger partial charge in [0, 0.05) is 0 Å². The maximum absolute atomic E-state index is 9.16. The first-order valence-corrected chi connectivity index (χ1v) is 12.6. The maximum Gasteiger partial charge on any atom is 0.194 e. The average molecular weight is 270 g/mol. The highest BCUT2D eigenvalue weighted by Crippen LogP contribution is 2.37. The summed E-state index contributed by atoms with van der Waals surface area (Å²) in [7, 11) is -3.10. The predicted octanol–water partition coefficient (Wildman–Crippen LogP) is 4.33. The highest BCUT2D eigenvalue weighted by atomic mass is 28.4. The lowest BCUT2D eigenvalue weighted by molar-refractivity contribution is 0.273. The van der Waals surface area contributed by atoms with Crippen LogP contribution in [0.4, 0.5) is 0 Å². The summed E-state index contributed by atoms with van der Waals surface area (Å²) in [6.07, 6.45) is 1.56. The van der Waals surface area contributed by atoms with Crippen molar-refractivity contribution in [2.45, 2.75) is 64.6 Å². The van der Waals surface area contributed by atoms with Gasteiger partial charge in [-0.15, -0.1) is 0 Å². The Hall–Kier alpha value is -0.376. The predicted molar refractivity (Wildman–Crippen MR) is 80.2 cm³/mol. The molecule has 0 amide bonds. The standard InChI is InChI=1S/C13H27NOSi2/c1-13(2,3)17(7,8)15-12(11-14)9-10-16(4,5)6/h9-10,12H,1-8H3/b10-9+. The molecule has 0 fully saturated rings. The summed E-state index contributed by atoms with van der Waals surface area (Å²) in [6, 6.07) is 2.25. The molecule has 0 aliphatic heterocycles. The van der Waals surface area contributed by atoms with Crippen molar-refractivity contribution >= 4 is 16.4 Å². The van der Waals surface area contributed by atoms with E-state index in [1.54, 1.807) is 0 Å². The van der Waals surface area contributed by atoms with Crippen molar-refractivity contribution in [2.24, 2.45) is 0 Å². The van der Waals surface area contributed by atoms with Crippen molar-refractivity contribution in [3.05, 3.63) is 11.8 Å². The zero-order chi connectivity index (χ0) is 13.9.